The third-order valence-electron chi connectivity index (χ3n) is 3.51. The summed E-state index contributed by atoms with van der Waals surface area (Å²) in [5.74, 6) is 0. The molecule has 20 heavy (non-hydrogen) atoms. The quantitative estimate of drug-likeness (QED) is 0.759. The Kier molecular flexibility index (Phi) is 3.72. The summed E-state index contributed by atoms with van der Waals surface area (Å²) in [4.78, 5) is 7.40. The summed E-state index contributed by atoms with van der Waals surface area (Å²) >= 11 is 6.41. The van der Waals surface area contributed by atoms with Crippen LogP contribution in [0.4, 0.5) is 0 Å². The van der Waals surface area contributed by atoms with Crippen molar-refractivity contribution in [1.82, 2.24) is 15.3 Å². The number of halogens is 1. The molecule has 4 heteroatoms. The van der Waals surface area contributed by atoms with Crippen LogP contribution < -0.4 is 5.32 Å². The number of pyridine rings is 1. The molecule has 0 unspecified atom stereocenters. The standard InChI is InChI=1S/C16H16ClN3/c1-11(12-6-8-18-9-7-12)19-10-15-16(17)13-4-2-3-5-14(13)20-15/h2-9,11,19-20H,10H2,1H3/t11-/m1/s1. The number of nitrogens with one attached hydrogen (secondary N) is 2. The van der Waals surface area contributed by atoms with Crippen molar-refractivity contribution in [3.63, 3.8) is 0 Å². The second kappa shape index (κ2) is 5.65. The average Bonchev–Trinajstić information content (AvgIpc) is 2.83. The van der Waals surface area contributed by atoms with Gasteiger partial charge in [-0.05, 0) is 30.7 Å². The van der Waals surface area contributed by atoms with E-state index in [1.807, 2.05) is 48.8 Å². The van der Waals surface area contributed by atoms with E-state index in [9.17, 15) is 0 Å². The van der Waals surface area contributed by atoms with Gasteiger partial charge in [0.05, 0.1) is 5.02 Å². The molecule has 0 aliphatic heterocycles. The molecular formula is C16H16ClN3. The lowest BCUT2D eigenvalue weighted by atomic mass is 10.1. The number of para-hydroxylation sites is 1. The minimum atomic E-state index is 0.250. The van der Waals surface area contributed by atoms with Crippen molar-refractivity contribution in [3.8, 4) is 0 Å². The van der Waals surface area contributed by atoms with Crippen LogP contribution in [0.25, 0.3) is 10.9 Å². The van der Waals surface area contributed by atoms with Crippen LogP contribution in [0.1, 0.15) is 24.2 Å². The molecule has 2 heterocycles. The third-order valence-corrected chi connectivity index (χ3v) is 3.94. The third kappa shape index (κ3) is 2.55. The number of H-pyrrole nitrogens is 1. The molecule has 0 amide bonds. The second-order valence-corrected chi connectivity index (χ2v) is 5.22. The SMILES string of the molecule is C[C@@H](NCc1[nH]c2ccccc2c1Cl)c1ccncc1. The Labute approximate surface area is 123 Å². The van der Waals surface area contributed by atoms with E-state index in [0.717, 1.165) is 21.6 Å². The fourth-order valence-electron chi connectivity index (χ4n) is 2.31. The van der Waals surface area contributed by atoms with E-state index in [0.29, 0.717) is 6.54 Å². The van der Waals surface area contributed by atoms with E-state index in [1.165, 1.54) is 5.56 Å². The number of benzene rings is 1. The van der Waals surface area contributed by atoms with Gasteiger partial charge in [-0.3, -0.25) is 4.98 Å². The van der Waals surface area contributed by atoms with Crippen LogP contribution in [0, 0.1) is 0 Å². The molecule has 0 aliphatic carbocycles. The molecule has 3 rings (SSSR count). The van der Waals surface area contributed by atoms with Gasteiger partial charge >= 0.3 is 0 Å². The Balaban J connectivity index is 1.76. The molecule has 1 atom stereocenters. The van der Waals surface area contributed by atoms with Gasteiger partial charge in [-0.1, -0.05) is 29.8 Å². The van der Waals surface area contributed by atoms with Crippen LogP contribution in [-0.2, 0) is 6.54 Å². The maximum absolute atomic E-state index is 6.41. The molecule has 0 radical (unpaired) electrons. The van der Waals surface area contributed by atoms with Crippen LogP contribution >= 0.6 is 11.6 Å². The minimum Gasteiger partial charge on any atom is -0.356 e. The zero-order valence-corrected chi connectivity index (χ0v) is 12.0. The van der Waals surface area contributed by atoms with E-state index in [4.69, 9.17) is 11.6 Å². The van der Waals surface area contributed by atoms with Crippen molar-refractivity contribution in [3.05, 3.63) is 65.1 Å². The van der Waals surface area contributed by atoms with Gasteiger partial charge in [-0.25, -0.2) is 0 Å². The van der Waals surface area contributed by atoms with Gasteiger partial charge in [-0.2, -0.15) is 0 Å². The molecule has 0 bridgehead atoms. The van der Waals surface area contributed by atoms with Crippen molar-refractivity contribution < 1.29 is 0 Å². The molecule has 0 fully saturated rings. The normalized spacial score (nSPS) is 12.7. The predicted octanol–water partition coefficient (Wildman–Crippen LogP) is 4.07. The van der Waals surface area contributed by atoms with Gasteiger partial charge in [0.2, 0.25) is 0 Å². The van der Waals surface area contributed by atoms with E-state index in [2.05, 4.69) is 22.2 Å². The van der Waals surface area contributed by atoms with Crippen LogP contribution in [0.2, 0.25) is 5.02 Å². The van der Waals surface area contributed by atoms with Crippen molar-refractivity contribution in [2.45, 2.75) is 19.5 Å². The second-order valence-electron chi connectivity index (χ2n) is 4.85. The number of hydrogen-bond donors (Lipinski definition) is 2. The molecule has 3 aromatic rings. The molecule has 0 aliphatic rings. The smallest absolute Gasteiger partial charge is 0.0705 e. The van der Waals surface area contributed by atoms with Crippen LogP contribution in [0.3, 0.4) is 0 Å². The fourth-order valence-corrected chi connectivity index (χ4v) is 2.59. The van der Waals surface area contributed by atoms with Crippen molar-refractivity contribution in [2.75, 3.05) is 0 Å². The first-order valence-corrected chi connectivity index (χ1v) is 7.02. The Bertz CT molecular complexity index is 706. The number of aromatic amines is 1. The predicted molar refractivity (Wildman–Crippen MR) is 82.8 cm³/mol. The first-order chi connectivity index (χ1) is 9.75. The van der Waals surface area contributed by atoms with Crippen LogP contribution in [-0.4, -0.2) is 9.97 Å². The van der Waals surface area contributed by atoms with E-state index < -0.39 is 0 Å². The highest BCUT2D eigenvalue weighted by Gasteiger charge is 2.10. The Morgan fingerprint density at radius 3 is 2.70 bits per heavy atom. The fraction of sp³-hybridized carbons (Fsp3) is 0.188. The molecule has 2 aromatic heterocycles. The van der Waals surface area contributed by atoms with E-state index >= 15 is 0 Å². The van der Waals surface area contributed by atoms with Crippen LogP contribution in [0.15, 0.2) is 48.8 Å². The monoisotopic (exact) mass is 285 g/mol. The highest BCUT2D eigenvalue weighted by atomic mass is 35.5. The van der Waals surface area contributed by atoms with E-state index in [1.54, 1.807) is 0 Å². The Hall–Kier alpha value is -1.84. The summed E-state index contributed by atoms with van der Waals surface area (Å²) in [5, 5.41) is 5.35. The summed E-state index contributed by atoms with van der Waals surface area (Å²) in [5.41, 5.74) is 3.31. The summed E-state index contributed by atoms with van der Waals surface area (Å²) in [7, 11) is 0. The summed E-state index contributed by atoms with van der Waals surface area (Å²) < 4.78 is 0. The summed E-state index contributed by atoms with van der Waals surface area (Å²) in [6.45, 7) is 2.84. The Morgan fingerprint density at radius 2 is 1.95 bits per heavy atom. The highest BCUT2D eigenvalue weighted by Crippen LogP contribution is 2.27. The maximum Gasteiger partial charge on any atom is 0.0705 e. The van der Waals surface area contributed by atoms with E-state index in [-0.39, 0.29) is 6.04 Å². The number of aromatic nitrogens is 2. The maximum atomic E-state index is 6.41. The molecule has 102 valence electrons. The lowest BCUT2D eigenvalue weighted by molar-refractivity contribution is 0.569. The van der Waals surface area contributed by atoms with Gasteiger partial charge in [0.25, 0.3) is 0 Å². The van der Waals surface area contributed by atoms with Crippen molar-refractivity contribution in [2.24, 2.45) is 0 Å². The van der Waals surface area contributed by atoms with Crippen LogP contribution in [0.5, 0.6) is 0 Å². The topological polar surface area (TPSA) is 40.7 Å². The van der Waals surface area contributed by atoms with Gasteiger partial charge in [0.1, 0.15) is 0 Å². The largest absolute Gasteiger partial charge is 0.356 e. The molecule has 0 saturated carbocycles. The Morgan fingerprint density at radius 1 is 1.20 bits per heavy atom. The van der Waals surface area contributed by atoms with Crippen molar-refractivity contribution >= 4 is 22.5 Å². The number of hydrogen-bond acceptors (Lipinski definition) is 2. The molecule has 1 aromatic carbocycles. The molecule has 3 nitrogen and oxygen atoms in total. The molecule has 0 spiro atoms. The number of fused-ring (bicyclic) bond motifs is 1. The molecular weight excluding hydrogens is 270 g/mol. The lowest BCUT2D eigenvalue weighted by Gasteiger charge is -2.13. The summed E-state index contributed by atoms with van der Waals surface area (Å²) in [6, 6.07) is 12.4. The molecule has 0 saturated heterocycles. The van der Waals surface area contributed by atoms with Crippen molar-refractivity contribution in [1.29, 1.82) is 0 Å². The lowest BCUT2D eigenvalue weighted by Crippen LogP contribution is -2.18. The number of rotatable bonds is 4. The first-order valence-electron chi connectivity index (χ1n) is 6.64. The van der Waals surface area contributed by atoms with Gasteiger partial charge in [-0.15, -0.1) is 0 Å². The van der Waals surface area contributed by atoms with Gasteiger partial charge in [0, 0.05) is 41.6 Å². The van der Waals surface area contributed by atoms with Gasteiger partial charge in [0.15, 0.2) is 0 Å². The number of nitrogens with zero attached hydrogens (tertiary/aromatic N) is 1. The highest BCUT2D eigenvalue weighted by molar-refractivity contribution is 6.36. The zero-order chi connectivity index (χ0) is 13.9. The molecule has 2 N–H and O–H groups in total. The minimum absolute atomic E-state index is 0.250. The average molecular weight is 286 g/mol. The zero-order valence-electron chi connectivity index (χ0n) is 11.2. The summed E-state index contributed by atoms with van der Waals surface area (Å²) in [6.07, 6.45) is 3.62. The first kappa shape index (κ1) is 13.2. The van der Waals surface area contributed by atoms with Gasteiger partial charge < -0.3 is 10.3 Å².